The van der Waals surface area contributed by atoms with Crippen molar-refractivity contribution in [2.75, 3.05) is 20.2 Å². The zero-order valence-electron chi connectivity index (χ0n) is 8.56. The molecule has 0 radical (unpaired) electrons. The van der Waals surface area contributed by atoms with Gasteiger partial charge < -0.3 is 10.1 Å². The summed E-state index contributed by atoms with van der Waals surface area (Å²) < 4.78 is 5.01. The molecular weight excluding hydrogens is 194 g/mol. The van der Waals surface area contributed by atoms with Crippen LogP contribution < -0.4 is 10.1 Å². The van der Waals surface area contributed by atoms with Gasteiger partial charge in [0.25, 0.3) is 0 Å². The highest BCUT2D eigenvalue weighted by atomic mass is 16.5. The van der Waals surface area contributed by atoms with Crippen LogP contribution in [-0.4, -0.2) is 36.0 Å². The predicted octanol–water partition coefficient (Wildman–Crippen LogP) is 0.277. The second kappa shape index (κ2) is 4.35. The molecule has 0 aliphatic carbocycles. The Balaban J connectivity index is 2.24. The van der Waals surface area contributed by atoms with Gasteiger partial charge in [-0.05, 0) is 13.0 Å². The van der Waals surface area contributed by atoms with E-state index in [1.54, 1.807) is 0 Å². The van der Waals surface area contributed by atoms with Gasteiger partial charge in [-0.25, -0.2) is 9.97 Å². The number of methoxy groups -OCH3 is 1. The molecule has 5 heteroatoms. The minimum absolute atomic E-state index is 0.00981. The summed E-state index contributed by atoms with van der Waals surface area (Å²) in [6.45, 7) is 1.61. The van der Waals surface area contributed by atoms with Crippen molar-refractivity contribution in [2.45, 2.75) is 6.42 Å². The monoisotopic (exact) mass is 207 g/mol. The van der Waals surface area contributed by atoms with E-state index in [2.05, 4.69) is 15.3 Å². The predicted molar refractivity (Wildman–Crippen MR) is 53.9 cm³/mol. The molecule has 80 valence electrons. The smallest absolute Gasteiger partial charge is 0.243 e. The van der Waals surface area contributed by atoms with E-state index in [1.807, 2.05) is 0 Å². The number of nitrogens with one attached hydrogen (secondary N) is 1. The Kier molecular flexibility index (Phi) is 2.91. The molecular formula is C10H13N3O2. The second-order valence-electron chi connectivity index (χ2n) is 3.47. The zero-order chi connectivity index (χ0) is 10.7. The maximum absolute atomic E-state index is 12.0. The van der Waals surface area contributed by atoms with Gasteiger partial charge in [0, 0.05) is 24.9 Å². The van der Waals surface area contributed by atoms with E-state index in [-0.39, 0.29) is 11.7 Å². The average molecular weight is 207 g/mol. The number of hydrogen-bond acceptors (Lipinski definition) is 5. The largest absolute Gasteiger partial charge is 0.479 e. The first-order chi connectivity index (χ1) is 7.33. The minimum atomic E-state index is 0.00981. The van der Waals surface area contributed by atoms with Crippen LogP contribution in [0.4, 0.5) is 0 Å². The molecule has 1 aromatic rings. The topological polar surface area (TPSA) is 64.1 Å². The van der Waals surface area contributed by atoms with E-state index in [0.717, 1.165) is 19.5 Å². The molecule has 2 heterocycles. The average Bonchev–Trinajstić information content (AvgIpc) is 2.81. The summed E-state index contributed by atoms with van der Waals surface area (Å²) in [4.78, 5) is 20.0. The molecule has 1 atom stereocenters. The number of hydrogen-bond donors (Lipinski definition) is 1. The van der Waals surface area contributed by atoms with Gasteiger partial charge in [0.05, 0.1) is 7.11 Å². The highest BCUT2D eigenvalue weighted by molar-refractivity contribution is 5.98. The van der Waals surface area contributed by atoms with Crippen molar-refractivity contribution >= 4 is 5.78 Å². The fourth-order valence-electron chi connectivity index (χ4n) is 1.72. The third-order valence-electron chi connectivity index (χ3n) is 2.52. The Labute approximate surface area is 87.9 Å². The molecule has 0 aromatic carbocycles. The van der Waals surface area contributed by atoms with Gasteiger partial charge in [0.1, 0.15) is 0 Å². The molecule has 1 unspecified atom stereocenters. The van der Waals surface area contributed by atoms with Crippen molar-refractivity contribution in [3.05, 3.63) is 18.1 Å². The minimum Gasteiger partial charge on any atom is -0.479 e. The molecule has 0 amide bonds. The molecule has 2 rings (SSSR count). The summed E-state index contributed by atoms with van der Waals surface area (Å²) in [6.07, 6.45) is 3.89. The van der Waals surface area contributed by atoms with Crippen LogP contribution in [0.5, 0.6) is 5.88 Å². The lowest BCUT2D eigenvalue weighted by atomic mass is 10.0. The Bertz CT molecular complexity index is 361. The number of aromatic nitrogens is 2. The van der Waals surface area contributed by atoms with Crippen LogP contribution in [0.2, 0.25) is 0 Å². The fraction of sp³-hybridized carbons (Fsp3) is 0.500. The first kappa shape index (κ1) is 10.0. The van der Waals surface area contributed by atoms with E-state index >= 15 is 0 Å². The molecule has 1 aliphatic heterocycles. The molecule has 0 spiro atoms. The van der Waals surface area contributed by atoms with Gasteiger partial charge in [0.15, 0.2) is 11.5 Å². The number of rotatable bonds is 3. The summed E-state index contributed by atoms with van der Waals surface area (Å²) >= 11 is 0. The van der Waals surface area contributed by atoms with Crippen LogP contribution in [0.25, 0.3) is 0 Å². The lowest BCUT2D eigenvalue weighted by Gasteiger charge is -2.08. The van der Waals surface area contributed by atoms with Gasteiger partial charge in [0.2, 0.25) is 5.88 Å². The van der Waals surface area contributed by atoms with Gasteiger partial charge in [-0.1, -0.05) is 0 Å². The molecule has 5 nitrogen and oxygen atoms in total. The second-order valence-corrected chi connectivity index (χ2v) is 3.47. The van der Waals surface area contributed by atoms with Crippen LogP contribution in [0.15, 0.2) is 12.4 Å². The van der Waals surface area contributed by atoms with E-state index < -0.39 is 0 Å². The van der Waals surface area contributed by atoms with E-state index in [9.17, 15) is 4.79 Å². The molecule has 15 heavy (non-hydrogen) atoms. The lowest BCUT2D eigenvalue weighted by Crippen LogP contribution is -2.19. The molecule has 1 aliphatic rings. The number of Topliss-reactive ketones (excluding diaryl/α,β-unsaturated/α-hetero) is 1. The quantitative estimate of drug-likeness (QED) is 0.721. The van der Waals surface area contributed by atoms with Crippen molar-refractivity contribution in [1.29, 1.82) is 0 Å². The number of carbonyl (C=O) groups is 1. The normalized spacial score (nSPS) is 20.2. The third-order valence-corrected chi connectivity index (χ3v) is 2.52. The molecule has 1 N–H and O–H groups in total. The molecule has 0 saturated carbocycles. The van der Waals surface area contributed by atoms with Crippen molar-refractivity contribution in [2.24, 2.45) is 5.92 Å². The lowest BCUT2D eigenvalue weighted by molar-refractivity contribution is 0.0921. The standard InChI is InChI=1S/C10H13N3O2/c1-15-10-8(12-4-5-13-10)9(14)7-2-3-11-6-7/h4-5,7,11H,2-3,6H2,1H3. The first-order valence-corrected chi connectivity index (χ1v) is 4.93. The van der Waals surface area contributed by atoms with Crippen molar-refractivity contribution < 1.29 is 9.53 Å². The molecule has 1 aromatic heterocycles. The SMILES string of the molecule is COc1nccnc1C(=O)C1CCNC1. The van der Waals surface area contributed by atoms with E-state index in [4.69, 9.17) is 4.74 Å². The highest BCUT2D eigenvalue weighted by Crippen LogP contribution is 2.19. The van der Waals surface area contributed by atoms with Crippen molar-refractivity contribution in [3.8, 4) is 5.88 Å². The van der Waals surface area contributed by atoms with Crippen LogP contribution in [-0.2, 0) is 0 Å². The highest BCUT2D eigenvalue weighted by Gasteiger charge is 2.27. The summed E-state index contributed by atoms with van der Waals surface area (Å²) in [5, 5.41) is 3.15. The van der Waals surface area contributed by atoms with Crippen molar-refractivity contribution in [3.63, 3.8) is 0 Å². The van der Waals surface area contributed by atoms with E-state index in [0.29, 0.717) is 11.6 Å². The summed E-state index contributed by atoms with van der Waals surface area (Å²) in [6, 6.07) is 0. The number of carbonyl (C=O) groups excluding carboxylic acids is 1. The summed E-state index contributed by atoms with van der Waals surface area (Å²) in [7, 11) is 1.49. The van der Waals surface area contributed by atoms with Crippen LogP contribution >= 0.6 is 0 Å². The number of nitrogens with zero attached hydrogens (tertiary/aromatic N) is 2. The van der Waals surface area contributed by atoms with E-state index in [1.165, 1.54) is 19.5 Å². The van der Waals surface area contributed by atoms with Crippen LogP contribution in [0, 0.1) is 5.92 Å². The Morgan fingerprint density at radius 3 is 3.00 bits per heavy atom. The number of ether oxygens (including phenoxy) is 1. The van der Waals surface area contributed by atoms with Crippen molar-refractivity contribution in [1.82, 2.24) is 15.3 Å². The summed E-state index contributed by atoms with van der Waals surface area (Å²) in [5.74, 6) is 0.343. The van der Waals surface area contributed by atoms with Gasteiger partial charge >= 0.3 is 0 Å². The maximum Gasteiger partial charge on any atom is 0.243 e. The zero-order valence-corrected chi connectivity index (χ0v) is 8.56. The van der Waals surface area contributed by atoms with Crippen LogP contribution in [0.1, 0.15) is 16.9 Å². The number of ketones is 1. The maximum atomic E-state index is 12.0. The van der Waals surface area contributed by atoms with Gasteiger partial charge in [-0.3, -0.25) is 4.79 Å². The van der Waals surface area contributed by atoms with Crippen LogP contribution in [0.3, 0.4) is 0 Å². The van der Waals surface area contributed by atoms with Gasteiger partial charge in [-0.15, -0.1) is 0 Å². The Morgan fingerprint density at radius 1 is 1.53 bits per heavy atom. The molecule has 0 bridgehead atoms. The Morgan fingerprint density at radius 2 is 2.33 bits per heavy atom. The summed E-state index contributed by atoms with van der Waals surface area (Å²) in [5.41, 5.74) is 0.341. The Hall–Kier alpha value is -1.49. The molecule has 1 saturated heterocycles. The fourth-order valence-corrected chi connectivity index (χ4v) is 1.72. The van der Waals surface area contributed by atoms with Gasteiger partial charge in [-0.2, -0.15) is 0 Å². The third kappa shape index (κ3) is 1.97. The molecule has 1 fully saturated rings. The first-order valence-electron chi connectivity index (χ1n) is 4.93.